The Bertz CT molecular complexity index is 2690. The third-order valence-corrected chi connectivity index (χ3v) is 9.43. The fourth-order valence-electron chi connectivity index (χ4n) is 7.41. The van der Waals surface area contributed by atoms with Crippen LogP contribution in [0.1, 0.15) is 0 Å². The Labute approximate surface area is 271 Å². The van der Waals surface area contributed by atoms with Crippen LogP contribution in [0.15, 0.2) is 158 Å². The number of para-hydroxylation sites is 1. The summed E-state index contributed by atoms with van der Waals surface area (Å²) in [4.78, 5) is 17.4. The van der Waals surface area contributed by atoms with E-state index < -0.39 is 0 Å². The SMILES string of the molecule is c1ccc(-c2nc(-c3cccc4c(N5c6ccc7ccccc7c6-c6cccc7cccc5c67)cccc34)nc3ccccc23)nc1. The van der Waals surface area contributed by atoms with E-state index in [4.69, 9.17) is 9.97 Å². The van der Waals surface area contributed by atoms with Crippen molar-refractivity contribution in [1.82, 2.24) is 15.0 Å². The number of pyridine rings is 1. The van der Waals surface area contributed by atoms with E-state index in [1.54, 1.807) is 0 Å². The number of nitrogens with zero attached hydrogens (tertiary/aromatic N) is 4. The van der Waals surface area contributed by atoms with Crippen LogP contribution in [0.2, 0.25) is 0 Å². The Morgan fingerprint density at radius 3 is 2.04 bits per heavy atom. The Hall–Kier alpha value is -6.39. The van der Waals surface area contributed by atoms with Crippen molar-refractivity contribution in [3.63, 3.8) is 0 Å². The number of benzene rings is 7. The molecular formula is C43H26N4. The van der Waals surface area contributed by atoms with E-state index in [2.05, 4.69) is 131 Å². The molecule has 0 fully saturated rings. The molecule has 2 aromatic heterocycles. The minimum Gasteiger partial charge on any atom is -0.309 e. The predicted octanol–water partition coefficient (Wildman–Crippen LogP) is 11.3. The van der Waals surface area contributed by atoms with Gasteiger partial charge in [-0.1, -0.05) is 115 Å². The number of rotatable bonds is 3. The van der Waals surface area contributed by atoms with E-state index in [0.717, 1.165) is 44.3 Å². The lowest BCUT2D eigenvalue weighted by Gasteiger charge is -2.35. The summed E-state index contributed by atoms with van der Waals surface area (Å²) < 4.78 is 0. The molecule has 0 spiro atoms. The van der Waals surface area contributed by atoms with Crippen LogP contribution in [0.3, 0.4) is 0 Å². The normalized spacial score (nSPS) is 12.2. The van der Waals surface area contributed by atoms with Gasteiger partial charge in [-0.2, -0.15) is 0 Å². The summed E-state index contributed by atoms with van der Waals surface area (Å²) >= 11 is 0. The second-order valence-corrected chi connectivity index (χ2v) is 12.0. The molecule has 0 atom stereocenters. The topological polar surface area (TPSA) is 41.9 Å². The van der Waals surface area contributed by atoms with Crippen molar-refractivity contribution >= 4 is 60.3 Å². The van der Waals surface area contributed by atoms with Crippen molar-refractivity contribution in [3.8, 4) is 33.9 Å². The molecule has 0 unspecified atom stereocenters. The van der Waals surface area contributed by atoms with Gasteiger partial charge in [0.25, 0.3) is 0 Å². The van der Waals surface area contributed by atoms with Crippen LogP contribution in [0, 0.1) is 0 Å². The third kappa shape index (κ3) is 3.85. The van der Waals surface area contributed by atoms with Crippen LogP contribution in [-0.2, 0) is 0 Å². The van der Waals surface area contributed by atoms with Crippen molar-refractivity contribution in [1.29, 1.82) is 0 Å². The molecule has 4 heteroatoms. The maximum absolute atomic E-state index is 5.18. The minimum atomic E-state index is 0.685. The van der Waals surface area contributed by atoms with E-state index in [0.29, 0.717) is 5.82 Å². The number of anilines is 3. The van der Waals surface area contributed by atoms with Crippen LogP contribution in [0.4, 0.5) is 17.1 Å². The maximum Gasteiger partial charge on any atom is 0.161 e. The molecule has 218 valence electrons. The molecule has 0 aliphatic carbocycles. The highest BCUT2D eigenvalue weighted by atomic mass is 15.2. The van der Waals surface area contributed by atoms with Crippen molar-refractivity contribution in [2.24, 2.45) is 0 Å². The van der Waals surface area contributed by atoms with E-state index >= 15 is 0 Å². The van der Waals surface area contributed by atoms with Gasteiger partial charge in [-0.05, 0) is 63.5 Å². The van der Waals surface area contributed by atoms with Gasteiger partial charge in [-0.15, -0.1) is 0 Å². The summed E-state index contributed by atoms with van der Waals surface area (Å²) in [5, 5.41) is 8.21. The number of fused-ring (bicyclic) bond motifs is 6. The van der Waals surface area contributed by atoms with E-state index in [9.17, 15) is 0 Å². The fourth-order valence-corrected chi connectivity index (χ4v) is 7.41. The second kappa shape index (κ2) is 10.1. The van der Waals surface area contributed by atoms with Gasteiger partial charge in [0.15, 0.2) is 5.82 Å². The average molecular weight is 599 g/mol. The summed E-state index contributed by atoms with van der Waals surface area (Å²) in [5.41, 5.74) is 9.55. The van der Waals surface area contributed by atoms with Gasteiger partial charge >= 0.3 is 0 Å². The largest absolute Gasteiger partial charge is 0.309 e. The van der Waals surface area contributed by atoms with Crippen LogP contribution in [0.25, 0.3) is 77.1 Å². The smallest absolute Gasteiger partial charge is 0.161 e. The predicted molar refractivity (Wildman–Crippen MR) is 194 cm³/mol. The molecule has 0 bridgehead atoms. The molecule has 9 aromatic rings. The highest BCUT2D eigenvalue weighted by molar-refractivity contribution is 6.21. The Kier molecular flexibility index (Phi) is 5.54. The molecule has 3 heterocycles. The highest BCUT2D eigenvalue weighted by Gasteiger charge is 2.28. The first-order valence-corrected chi connectivity index (χ1v) is 15.9. The standard InChI is InChI=1S/C43H26N4/c1-2-14-29-27(11-1)24-25-39-41(29)34-19-7-12-28-13-8-23-38(40(28)34)47(39)37-22-10-16-30-31(37)17-9-18-32(30)43-45-35-20-4-3-15-33(35)42(46-43)36-21-5-6-26-44-36/h1-26H. The quantitative estimate of drug-likeness (QED) is 0.203. The molecule has 7 aromatic carbocycles. The van der Waals surface area contributed by atoms with Gasteiger partial charge in [0.2, 0.25) is 0 Å². The highest BCUT2D eigenvalue weighted by Crippen LogP contribution is 2.54. The number of hydrogen-bond donors (Lipinski definition) is 0. The Morgan fingerprint density at radius 2 is 1.13 bits per heavy atom. The zero-order valence-corrected chi connectivity index (χ0v) is 25.3. The van der Waals surface area contributed by atoms with E-state index in [1.807, 2.05) is 36.5 Å². The van der Waals surface area contributed by atoms with Gasteiger partial charge in [0.05, 0.1) is 28.3 Å². The molecule has 0 amide bonds. The van der Waals surface area contributed by atoms with Gasteiger partial charge in [-0.3, -0.25) is 4.98 Å². The summed E-state index contributed by atoms with van der Waals surface area (Å²) in [6.07, 6.45) is 1.81. The van der Waals surface area contributed by atoms with Crippen molar-refractivity contribution < 1.29 is 0 Å². The number of hydrogen-bond acceptors (Lipinski definition) is 4. The molecule has 1 aliphatic heterocycles. The zero-order chi connectivity index (χ0) is 30.9. The lowest BCUT2D eigenvalue weighted by atomic mass is 9.87. The molecule has 0 saturated heterocycles. The van der Waals surface area contributed by atoms with Crippen molar-refractivity contribution in [3.05, 3.63) is 158 Å². The summed E-state index contributed by atoms with van der Waals surface area (Å²) in [5.74, 6) is 0.685. The van der Waals surface area contributed by atoms with Gasteiger partial charge in [0, 0.05) is 33.5 Å². The Balaban J connectivity index is 1.25. The van der Waals surface area contributed by atoms with Gasteiger partial charge in [-0.25, -0.2) is 9.97 Å². The van der Waals surface area contributed by atoms with Gasteiger partial charge < -0.3 is 4.90 Å². The molecule has 47 heavy (non-hydrogen) atoms. The van der Waals surface area contributed by atoms with Gasteiger partial charge in [0.1, 0.15) is 5.69 Å². The molecule has 0 radical (unpaired) electrons. The molecule has 0 saturated carbocycles. The van der Waals surface area contributed by atoms with Crippen LogP contribution < -0.4 is 4.90 Å². The summed E-state index contributed by atoms with van der Waals surface area (Å²) in [6, 6.07) is 53.7. The van der Waals surface area contributed by atoms with Crippen molar-refractivity contribution in [2.45, 2.75) is 0 Å². The molecule has 4 nitrogen and oxygen atoms in total. The minimum absolute atomic E-state index is 0.685. The lowest BCUT2D eigenvalue weighted by molar-refractivity contribution is 1.20. The first-order valence-electron chi connectivity index (χ1n) is 15.9. The van der Waals surface area contributed by atoms with Crippen molar-refractivity contribution in [2.75, 3.05) is 4.90 Å². The lowest BCUT2D eigenvalue weighted by Crippen LogP contribution is -2.15. The first-order chi connectivity index (χ1) is 23.3. The fraction of sp³-hybridized carbons (Fsp3) is 0. The summed E-state index contributed by atoms with van der Waals surface area (Å²) in [6.45, 7) is 0. The third-order valence-electron chi connectivity index (χ3n) is 9.43. The molecule has 0 N–H and O–H groups in total. The summed E-state index contributed by atoms with van der Waals surface area (Å²) in [7, 11) is 0. The first kappa shape index (κ1) is 25.9. The maximum atomic E-state index is 5.18. The van der Waals surface area contributed by atoms with Crippen LogP contribution in [-0.4, -0.2) is 15.0 Å². The molecule has 1 aliphatic rings. The second-order valence-electron chi connectivity index (χ2n) is 12.0. The molecular weight excluding hydrogens is 573 g/mol. The molecule has 10 rings (SSSR count). The average Bonchev–Trinajstić information content (AvgIpc) is 3.14. The van der Waals surface area contributed by atoms with Crippen LogP contribution >= 0.6 is 0 Å². The number of aromatic nitrogens is 3. The zero-order valence-electron chi connectivity index (χ0n) is 25.3. The monoisotopic (exact) mass is 598 g/mol. The van der Waals surface area contributed by atoms with E-state index in [1.165, 1.54) is 44.0 Å². The Morgan fingerprint density at radius 1 is 0.426 bits per heavy atom. The van der Waals surface area contributed by atoms with E-state index in [-0.39, 0.29) is 0 Å². The van der Waals surface area contributed by atoms with Crippen LogP contribution in [0.5, 0.6) is 0 Å².